The molecule has 0 fully saturated rings. The lowest BCUT2D eigenvalue weighted by Crippen LogP contribution is -2.20. The van der Waals surface area contributed by atoms with Crippen molar-refractivity contribution in [2.75, 3.05) is 0 Å². The van der Waals surface area contributed by atoms with Gasteiger partial charge < -0.3 is 0 Å². The van der Waals surface area contributed by atoms with E-state index in [-0.39, 0.29) is 5.41 Å². The second kappa shape index (κ2) is 6.71. The molecule has 0 aromatic carbocycles. The van der Waals surface area contributed by atoms with Gasteiger partial charge in [0.25, 0.3) is 0 Å². The SMILES string of the molecule is C=CC(C)C(C)(C#CCCCC)CC. The van der Waals surface area contributed by atoms with Crippen LogP contribution in [-0.4, -0.2) is 0 Å². The molecule has 0 aliphatic carbocycles. The Kier molecular flexibility index (Phi) is 6.37. The second-order valence-corrected chi connectivity index (χ2v) is 4.20. The van der Waals surface area contributed by atoms with Crippen molar-refractivity contribution in [3.05, 3.63) is 12.7 Å². The molecule has 0 aromatic rings. The molecule has 0 bridgehead atoms. The molecule has 0 saturated carbocycles. The van der Waals surface area contributed by atoms with Gasteiger partial charge in [0.1, 0.15) is 0 Å². The van der Waals surface area contributed by atoms with Gasteiger partial charge in [-0.1, -0.05) is 39.2 Å². The minimum absolute atomic E-state index is 0.121. The van der Waals surface area contributed by atoms with Gasteiger partial charge in [-0.05, 0) is 25.7 Å². The summed E-state index contributed by atoms with van der Waals surface area (Å²) in [7, 11) is 0. The summed E-state index contributed by atoms with van der Waals surface area (Å²) in [5.74, 6) is 7.18. The maximum absolute atomic E-state index is 3.85. The van der Waals surface area contributed by atoms with Crippen molar-refractivity contribution in [2.45, 2.75) is 53.4 Å². The maximum atomic E-state index is 3.85. The van der Waals surface area contributed by atoms with Gasteiger partial charge in [-0.15, -0.1) is 12.5 Å². The molecule has 0 aromatic heterocycles. The van der Waals surface area contributed by atoms with Crippen LogP contribution in [0, 0.1) is 23.2 Å². The van der Waals surface area contributed by atoms with E-state index < -0.39 is 0 Å². The lowest BCUT2D eigenvalue weighted by molar-refractivity contribution is 0.334. The topological polar surface area (TPSA) is 0 Å². The molecule has 0 spiro atoms. The summed E-state index contributed by atoms with van der Waals surface area (Å²) < 4.78 is 0. The van der Waals surface area contributed by atoms with Gasteiger partial charge in [-0.2, -0.15) is 0 Å². The Morgan fingerprint density at radius 2 is 2.07 bits per heavy atom. The van der Waals surface area contributed by atoms with E-state index in [1.807, 2.05) is 6.08 Å². The molecule has 0 heterocycles. The first-order valence-corrected chi connectivity index (χ1v) is 5.73. The highest BCUT2D eigenvalue weighted by Gasteiger charge is 2.24. The van der Waals surface area contributed by atoms with Crippen LogP contribution in [0.25, 0.3) is 0 Å². The van der Waals surface area contributed by atoms with E-state index >= 15 is 0 Å². The van der Waals surface area contributed by atoms with E-state index in [0.29, 0.717) is 5.92 Å². The summed E-state index contributed by atoms with van der Waals surface area (Å²) in [5, 5.41) is 0. The van der Waals surface area contributed by atoms with Crippen molar-refractivity contribution >= 4 is 0 Å². The largest absolute Gasteiger partial charge is 0.103 e. The normalized spacial score (nSPS) is 16.3. The molecular formula is C14H24. The van der Waals surface area contributed by atoms with Gasteiger partial charge in [-0.3, -0.25) is 0 Å². The Morgan fingerprint density at radius 3 is 2.50 bits per heavy atom. The van der Waals surface area contributed by atoms with E-state index in [1.54, 1.807) is 0 Å². The van der Waals surface area contributed by atoms with Crippen LogP contribution < -0.4 is 0 Å². The summed E-state index contributed by atoms with van der Waals surface area (Å²) in [5.41, 5.74) is 0.121. The van der Waals surface area contributed by atoms with Crippen molar-refractivity contribution < 1.29 is 0 Å². The van der Waals surface area contributed by atoms with Crippen molar-refractivity contribution in [1.29, 1.82) is 0 Å². The van der Waals surface area contributed by atoms with Crippen LogP contribution in [0.5, 0.6) is 0 Å². The molecule has 0 nitrogen and oxygen atoms in total. The highest BCUT2D eigenvalue weighted by Crippen LogP contribution is 2.30. The first-order valence-electron chi connectivity index (χ1n) is 5.73. The van der Waals surface area contributed by atoms with E-state index in [1.165, 1.54) is 12.8 Å². The minimum atomic E-state index is 0.121. The van der Waals surface area contributed by atoms with E-state index in [2.05, 4.69) is 46.1 Å². The number of allylic oxidation sites excluding steroid dienone is 1. The standard InChI is InChI=1S/C14H24/c1-6-9-10-11-12-14(5,8-3)13(4)7-2/h7,13H,2,6,8-10H2,1,3-5H3. The van der Waals surface area contributed by atoms with Crippen LogP contribution in [0.3, 0.4) is 0 Å². The molecule has 14 heavy (non-hydrogen) atoms. The summed E-state index contributed by atoms with van der Waals surface area (Å²) in [4.78, 5) is 0. The van der Waals surface area contributed by atoms with Gasteiger partial charge in [0.15, 0.2) is 0 Å². The van der Waals surface area contributed by atoms with E-state index in [9.17, 15) is 0 Å². The predicted molar refractivity (Wildman–Crippen MR) is 65.1 cm³/mol. The fourth-order valence-electron chi connectivity index (χ4n) is 1.31. The molecule has 0 aliphatic rings. The summed E-state index contributed by atoms with van der Waals surface area (Å²) in [6, 6.07) is 0. The maximum Gasteiger partial charge on any atom is 0.0343 e. The molecule has 0 aliphatic heterocycles. The molecule has 80 valence electrons. The highest BCUT2D eigenvalue weighted by atomic mass is 14.3. The van der Waals surface area contributed by atoms with Crippen LogP contribution in [0.15, 0.2) is 12.7 Å². The third-order valence-electron chi connectivity index (χ3n) is 3.12. The van der Waals surface area contributed by atoms with Gasteiger partial charge in [0.2, 0.25) is 0 Å². The first kappa shape index (κ1) is 13.3. The van der Waals surface area contributed by atoms with Crippen molar-refractivity contribution in [3.63, 3.8) is 0 Å². The molecular weight excluding hydrogens is 168 g/mol. The monoisotopic (exact) mass is 192 g/mol. The fraction of sp³-hybridized carbons (Fsp3) is 0.714. The summed E-state index contributed by atoms with van der Waals surface area (Å²) in [6.45, 7) is 12.7. The lowest BCUT2D eigenvalue weighted by atomic mass is 9.76. The van der Waals surface area contributed by atoms with E-state index in [4.69, 9.17) is 0 Å². The lowest BCUT2D eigenvalue weighted by Gasteiger charge is -2.27. The molecule has 0 heteroatoms. The Morgan fingerprint density at radius 1 is 1.43 bits per heavy atom. The quantitative estimate of drug-likeness (QED) is 0.344. The smallest absolute Gasteiger partial charge is 0.0343 e. The molecule has 0 radical (unpaired) electrons. The number of hydrogen-bond donors (Lipinski definition) is 0. The summed E-state index contributed by atoms with van der Waals surface area (Å²) in [6.07, 6.45) is 6.59. The zero-order valence-electron chi connectivity index (χ0n) is 10.2. The zero-order valence-corrected chi connectivity index (χ0v) is 10.2. The third-order valence-corrected chi connectivity index (χ3v) is 3.12. The van der Waals surface area contributed by atoms with Crippen LogP contribution in [0.1, 0.15) is 53.4 Å². The first-order chi connectivity index (χ1) is 6.60. The Hall–Kier alpha value is -0.700. The van der Waals surface area contributed by atoms with Gasteiger partial charge >= 0.3 is 0 Å². The average molecular weight is 192 g/mol. The fourth-order valence-corrected chi connectivity index (χ4v) is 1.31. The van der Waals surface area contributed by atoms with E-state index in [0.717, 1.165) is 12.8 Å². The van der Waals surface area contributed by atoms with Crippen LogP contribution in [0.2, 0.25) is 0 Å². The highest BCUT2D eigenvalue weighted by molar-refractivity contribution is 5.14. The predicted octanol–water partition coefficient (Wildman–Crippen LogP) is 4.42. The number of unbranched alkanes of at least 4 members (excludes halogenated alkanes) is 2. The van der Waals surface area contributed by atoms with Crippen LogP contribution >= 0.6 is 0 Å². The molecule has 0 rings (SSSR count). The van der Waals surface area contributed by atoms with Gasteiger partial charge in [-0.25, -0.2) is 0 Å². The van der Waals surface area contributed by atoms with Crippen molar-refractivity contribution in [2.24, 2.45) is 11.3 Å². The molecule has 0 N–H and O–H groups in total. The van der Waals surface area contributed by atoms with Crippen LogP contribution in [0.4, 0.5) is 0 Å². The van der Waals surface area contributed by atoms with Crippen LogP contribution in [-0.2, 0) is 0 Å². The Balaban J connectivity index is 4.35. The minimum Gasteiger partial charge on any atom is -0.103 e. The number of rotatable bonds is 5. The second-order valence-electron chi connectivity index (χ2n) is 4.20. The Labute approximate surface area is 89.8 Å². The number of hydrogen-bond acceptors (Lipinski definition) is 0. The van der Waals surface area contributed by atoms with Crippen molar-refractivity contribution in [3.8, 4) is 11.8 Å². The van der Waals surface area contributed by atoms with Crippen molar-refractivity contribution in [1.82, 2.24) is 0 Å². The third kappa shape index (κ3) is 4.01. The van der Waals surface area contributed by atoms with Gasteiger partial charge in [0.05, 0.1) is 0 Å². The Bertz CT molecular complexity index is 216. The molecule has 0 amide bonds. The molecule has 0 saturated heterocycles. The zero-order chi connectivity index (χ0) is 11.0. The molecule has 2 atom stereocenters. The van der Waals surface area contributed by atoms with Gasteiger partial charge in [0, 0.05) is 11.8 Å². The average Bonchev–Trinajstić information content (AvgIpc) is 2.22. The molecule has 2 unspecified atom stereocenters. The summed E-state index contributed by atoms with van der Waals surface area (Å²) >= 11 is 0.